The van der Waals surface area contributed by atoms with E-state index in [1.807, 2.05) is 6.07 Å². The molecular formula is C15H16ClNO. The lowest BCUT2D eigenvalue weighted by atomic mass is 10.0. The predicted molar refractivity (Wildman–Crippen MR) is 77.4 cm³/mol. The zero-order valence-electron chi connectivity index (χ0n) is 10.3. The summed E-state index contributed by atoms with van der Waals surface area (Å²) in [6.07, 6.45) is 2.16. The molecule has 1 heterocycles. The zero-order valence-corrected chi connectivity index (χ0v) is 11.1. The minimum Gasteiger partial charge on any atom is -0.497 e. The molecule has 0 saturated heterocycles. The van der Waals surface area contributed by atoms with E-state index in [1.54, 1.807) is 7.11 Å². The van der Waals surface area contributed by atoms with Gasteiger partial charge in [-0.2, -0.15) is 0 Å². The van der Waals surface area contributed by atoms with Crippen molar-refractivity contribution in [1.29, 1.82) is 0 Å². The Hall–Kier alpha value is -1.67. The van der Waals surface area contributed by atoms with Crippen LogP contribution in [0.15, 0.2) is 42.5 Å². The minimum atomic E-state index is 0. The summed E-state index contributed by atoms with van der Waals surface area (Å²) in [5, 5.41) is 3.50. The predicted octanol–water partition coefficient (Wildman–Crippen LogP) is 3.96. The van der Waals surface area contributed by atoms with Crippen molar-refractivity contribution in [3.63, 3.8) is 0 Å². The van der Waals surface area contributed by atoms with Crippen LogP contribution in [-0.4, -0.2) is 7.11 Å². The highest BCUT2D eigenvalue weighted by Gasteiger charge is 2.12. The summed E-state index contributed by atoms with van der Waals surface area (Å²) in [4.78, 5) is 0. The maximum Gasteiger partial charge on any atom is 0.120 e. The molecule has 1 aliphatic rings. The third kappa shape index (κ3) is 2.29. The maximum absolute atomic E-state index is 5.27. The van der Waals surface area contributed by atoms with Gasteiger partial charge in [0.05, 0.1) is 7.11 Å². The lowest BCUT2D eigenvalue weighted by Gasteiger charge is -2.10. The van der Waals surface area contributed by atoms with E-state index in [1.165, 1.54) is 16.8 Å². The Balaban J connectivity index is 0.00000120. The number of fused-ring (bicyclic) bond motifs is 2. The lowest BCUT2D eigenvalue weighted by Crippen LogP contribution is -1.94. The van der Waals surface area contributed by atoms with Crippen molar-refractivity contribution in [1.82, 2.24) is 0 Å². The molecule has 2 nitrogen and oxygen atoms in total. The van der Waals surface area contributed by atoms with E-state index in [-0.39, 0.29) is 12.4 Å². The summed E-state index contributed by atoms with van der Waals surface area (Å²) in [6, 6.07) is 14.7. The highest BCUT2D eigenvalue weighted by molar-refractivity contribution is 5.85. The van der Waals surface area contributed by atoms with E-state index in [0.717, 1.165) is 24.3 Å². The summed E-state index contributed by atoms with van der Waals surface area (Å²) in [6.45, 7) is 0. The van der Waals surface area contributed by atoms with E-state index in [2.05, 4.69) is 41.7 Å². The molecule has 2 aromatic carbocycles. The van der Waals surface area contributed by atoms with Crippen molar-refractivity contribution in [2.45, 2.75) is 12.8 Å². The van der Waals surface area contributed by atoms with Gasteiger partial charge in [0.25, 0.3) is 0 Å². The summed E-state index contributed by atoms with van der Waals surface area (Å²) in [7, 11) is 1.70. The average molecular weight is 262 g/mol. The zero-order chi connectivity index (χ0) is 11.7. The Morgan fingerprint density at radius 1 is 0.944 bits per heavy atom. The number of rotatable bonds is 1. The van der Waals surface area contributed by atoms with Gasteiger partial charge in [-0.3, -0.25) is 0 Å². The van der Waals surface area contributed by atoms with Crippen LogP contribution < -0.4 is 10.1 Å². The molecule has 3 rings (SSSR count). The van der Waals surface area contributed by atoms with Crippen LogP contribution >= 0.6 is 12.4 Å². The third-order valence-electron chi connectivity index (χ3n) is 3.27. The van der Waals surface area contributed by atoms with Gasteiger partial charge in [0, 0.05) is 17.4 Å². The van der Waals surface area contributed by atoms with Crippen LogP contribution in [-0.2, 0) is 12.8 Å². The Labute approximate surface area is 113 Å². The molecule has 0 bridgehead atoms. The van der Waals surface area contributed by atoms with Crippen LogP contribution in [0.1, 0.15) is 11.1 Å². The quantitative estimate of drug-likeness (QED) is 0.839. The molecule has 0 radical (unpaired) electrons. The van der Waals surface area contributed by atoms with Gasteiger partial charge in [-0.05, 0) is 36.1 Å². The van der Waals surface area contributed by atoms with Gasteiger partial charge >= 0.3 is 0 Å². The first-order valence-corrected chi connectivity index (χ1v) is 5.88. The number of nitrogens with one attached hydrogen (secondary N) is 1. The van der Waals surface area contributed by atoms with Gasteiger partial charge in [-0.1, -0.05) is 24.3 Å². The molecule has 1 N–H and O–H groups in total. The fraction of sp³-hybridized carbons (Fsp3) is 0.200. The Morgan fingerprint density at radius 2 is 1.67 bits per heavy atom. The molecule has 0 aliphatic carbocycles. The standard InChI is InChI=1S/C15H15NO.ClH/c1-17-13-9-8-12-7-6-11-4-2-3-5-14(11)16-15(12)10-13;/h2-5,8-10,16H,6-7H2,1H3;1H. The summed E-state index contributed by atoms with van der Waals surface area (Å²) in [5.41, 5.74) is 5.10. The first-order valence-electron chi connectivity index (χ1n) is 5.88. The van der Waals surface area contributed by atoms with Crippen LogP contribution in [0.3, 0.4) is 0 Å². The number of hydrogen-bond acceptors (Lipinski definition) is 2. The molecule has 0 unspecified atom stereocenters. The first kappa shape index (κ1) is 12.8. The van der Waals surface area contributed by atoms with Crippen LogP contribution in [0, 0.1) is 0 Å². The number of aryl methyl sites for hydroxylation is 2. The average Bonchev–Trinajstić information content (AvgIpc) is 2.56. The molecule has 0 aromatic heterocycles. The van der Waals surface area contributed by atoms with Gasteiger partial charge in [-0.15, -0.1) is 12.4 Å². The lowest BCUT2D eigenvalue weighted by molar-refractivity contribution is 0.415. The molecule has 2 aromatic rings. The second kappa shape index (κ2) is 5.32. The Bertz CT molecular complexity index is 554. The topological polar surface area (TPSA) is 21.3 Å². The number of benzene rings is 2. The monoisotopic (exact) mass is 261 g/mol. The van der Waals surface area contributed by atoms with E-state index in [4.69, 9.17) is 4.74 Å². The Kier molecular flexibility index (Phi) is 3.78. The highest BCUT2D eigenvalue weighted by atomic mass is 35.5. The van der Waals surface area contributed by atoms with Crippen molar-refractivity contribution in [3.8, 4) is 5.75 Å². The number of halogens is 1. The molecule has 94 valence electrons. The molecule has 0 atom stereocenters. The van der Waals surface area contributed by atoms with Crippen LogP contribution in [0.4, 0.5) is 11.4 Å². The Morgan fingerprint density at radius 3 is 2.44 bits per heavy atom. The summed E-state index contributed by atoms with van der Waals surface area (Å²) < 4.78 is 5.27. The molecule has 0 spiro atoms. The van der Waals surface area contributed by atoms with Crippen LogP contribution in [0.25, 0.3) is 0 Å². The number of para-hydroxylation sites is 1. The third-order valence-corrected chi connectivity index (χ3v) is 3.27. The van der Waals surface area contributed by atoms with Crippen molar-refractivity contribution in [2.75, 3.05) is 12.4 Å². The summed E-state index contributed by atoms with van der Waals surface area (Å²) in [5.74, 6) is 0.899. The van der Waals surface area contributed by atoms with E-state index in [9.17, 15) is 0 Å². The number of anilines is 2. The molecule has 3 heteroatoms. The smallest absolute Gasteiger partial charge is 0.120 e. The minimum absolute atomic E-state index is 0. The van der Waals surface area contributed by atoms with Crippen molar-refractivity contribution in [3.05, 3.63) is 53.6 Å². The largest absolute Gasteiger partial charge is 0.497 e. The van der Waals surface area contributed by atoms with Gasteiger partial charge in [-0.25, -0.2) is 0 Å². The second-order valence-electron chi connectivity index (χ2n) is 4.31. The van der Waals surface area contributed by atoms with E-state index in [0.29, 0.717) is 0 Å². The van der Waals surface area contributed by atoms with Gasteiger partial charge in [0.1, 0.15) is 5.75 Å². The van der Waals surface area contributed by atoms with E-state index >= 15 is 0 Å². The number of hydrogen-bond donors (Lipinski definition) is 1. The van der Waals surface area contributed by atoms with Crippen molar-refractivity contribution in [2.24, 2.45) is 0 Å². The molecule has 0 saturated carbocycles. The second-order valence-corrected chi connectivity index (χ2v) is 4.31. The fourth-order valence-electron chi connectivity index (χ4n) is 2.29. The SMILES string of the molecule is COc1ccc2c(c1)Nc1ccccc1CC2.Cl. The van der Waals surface area contributed by atoms with Gasteiger partial charge in [0.15, 0.2) is 0 Å². The molecule has 0 amide bonds. The van der Waals surface area contributed by atoms with Crippen LogP contribution in [0.2, 0.25) is 0 Å². The van der Waals surface area contributed by atoms with E-state index < -0.39 is 0 Å². The number of ether oxygens (including phenoxy) is 1. The van der Waals surface area contributed by atoms with Gasteiger partial charge in [0.2, 0.25) is 0 Å². The first-order chi connectivity index (χ1) is 8.36. The highest BCUT2D eigenvalue weighted by Crippen LogP contribution is 2.32. The molecule has 0 fully saturated rings. The normalized spacial score (nSPS) is 12.3. The molecule has 1 aliphatic heterocycles. The van der Waals surface area contributed by atoms with Crippen molar-refractivity contribution < 1.29 is 4.74 Å². The fourth-order valence-corrected chi connectivity index (χ4v) is 2.29. The number of methoxy groups -OCH3 is 1. The van der Waals surface area contributed by atoms with Crippen LogP contribution in [0.5, 0.6) is 5.75 Å². The van der Waals surface area contributed by atoms with Gasteiger partial charge < -0.3 is 10.1 Å². The molecular weight excluding hydrogens is 246 g/mol. The summed E-state index contributed by atoms with van der Waals surface area (Å²) >= 11 is 0. The maximum atomic E-state index is 5.27. The van der Waals surface area contributed by atoms with Crippen molar-refractivity contribution >= 4 is 23.8 Å². The molecule has 18 heavy (non-hydrogen) atoms.